The van der Waals surface area contributed by atoms with Crippen molar-refractivity contribution in [3.8, 4) is 0 Å². The van der Waals surface area contributed by atoms with E-state index in [1.165, 1.54) is 12.8 Å². The highest BCUT2D eigenvalue weighted by Gasteiger charge is 2.32. The van der Waals surface area contributed by atoms with Crippen LogP contribution < -0.4 is 5.73 Å². The zero-order chi connectivity index (χ0) is 13.5. The van der Waals surface area contributed by atoms with Gasteiger partial charge in [-0.1, -0.05) is 0 Å². The molecule has 0 aromatic rings. The molecular weight excluding hydrogens is 226 g/mol. The average molecular weight is 255 g/mol. The topological polar surface area (TPSA) is 49.6 Å². The molecule has 4 heteroatoms. The van der Waals surface area contributed by atoms with Gasteiger partial charge in [0.05, 0.1) is 6.04 Å². The molecule has 2 atom stereocenters. The second-order valence-corrected chi connectivity index (χ2v) is 5.15. The van der Waals surface area contributed by atoms with Gasteiger partial charge in [0.2, 0.25) is 5.91 Å². The van der Waals surface area contributed by atoms with E-state index in [2.05, 4.69) is 11.8 Å². The van der Waals surface area contributed by atoms with Crippen molar-refractivity contribution in [2.75, 3.05) is 26.2 Å². The first-order valence-corrected chi connectivity index (χ1v) is 7.40. The van der Waals surface area contributed by atoms with Gasteiger partial charge in [-0.2, -0.15) is 0 Å². The molecule has 0 bridgehead atoms. The van der Waals surface area contributed by atoms with Crippen LogP contribution in [0.25, 0.3) is 0 Å². The van der Waals surface area contributed by atoms with Crippen molar-refractivity contribution < 1.29 is 4.79 Å². The molecule has 0 aromatic heterocycles. The lowest BCUT2D eigenvalue weighted by molar-refractivity contribution is -0.136. The van der Waals surface area contributed by atoms with Crippen molar-refractivity contribution in [3.05, 3.63) is 0 Å². The SMILES string of the molecule is CCN(CC)C(=O)C(C)N1CCCC1CCCN. The molecule has 0 spiro atoms. The van der Waals surface area contributed by atoms with E-state index in [1.54, 1.807) is 0 Å². The van der Waals surface area contributed by atoms with E-state index in [9.17, 15) is 4.79 Å². The van der Waals surface area contributed by atoms with E-state index in [0.29, 0.717) is 6.04 Å². The van der Waals surface area contributed by atoms with Crippen molar-refractivity contribution in [2.45, 2.75) is 58.5 Å². The number of nitrogens with zero attached hydrogens (tertiary/aromatic N) is 2. The largest absolute Gasteiger partial charge is 0.342 e. The number of nitrogens with two attached hydrogens (primary N) is 1. The lowest BCUT2D eigenvalue weighted by Crippen LogP contribution is -2.48. The molecule has 1 heterocycles. The molecule has 1 amide bonds. The van der Waals surface area contributed by atoms with Crippen LogP contribution >= 0.6 is 0 Å². The molecule has 0 aromatic carbocycles. The van der Waals surface area contributed by atoms with Crippen LogP contribution in [0.5, 0.6) is 0 Å². The van der Waals surface area contributed by atoms with Gasteiger partial charge in [-0.3, -0.25) is 9.69 Å². The Hall–Kier alpha value is -0.610. The molecule has 2 unspecified atom stereocenters. The van der Waals surface area contributed by atoms with Crippen molar-refractivity contribution >= 4 is 5.91 Å². The van der Waals surface area contributed by atoms with Crippen LogP contribution in [0.3, 0.4) is 0 Å². The lowest BCUT2D eigenvalue weighted by Gasteiger charge is -2.33. The molecule has 1 saturated heterocycles. The number of hydrogen-bond donors (Lipinski definition) is 1. The molecule has 1 rings (SSSR count). The van der Waals surface area contributed by atoms with Crippen LogP contribution in [0.4, 0.5) is 0 Å². The summed E-state index contributed by atoms with van der Waals surface area (Å²) in [4.78, 5) is 16.7. The first kappa shape index (κ1) is 15.4. The van der Waals surface area contributed by atoms with Gasteiger partial charge in [0, 0.05) is 19.1 Å². The first-order chi connectivity index (χ1) is 8.65. The predicted molar refractivity (Wildman–Crippen MR) is 75.4 cm³/mol. The smallest absolute Gasteiger partial charge is 0.239 e. The van der Waals surface area contributed by atoms with Gasteiger partial charge in [-0.15, -0.1) is 0 Å². The van der Waals surface area contributed by atoms with Crippen molar-refractivity contribution in [1.82, 2.24) is 9.80 Å². The van der Waals surface area contributed by atoms with Gasteiger partial charge in [0.1, 0.15) is 0 Å². The average Bonchev–Trinajstić information content (AvgIpc) is 2.84. The fourth-order valence-electron chi connectivity index (χ4n) is 2.97. The zero-order valence-electron chi connectivity index (χ0n) is 12.2. The van der Waals surface area contributed by atoms with E-state index in [4.69, 9.17) is 5.73 Å². The molecule has 106 valence electrons. The molecule has 1 fully saturated rings. The Morgan fingerprint density at radius 1 is 1.44 bits per heavy atom. The molecular formula is C14H29N3O. The quantitative estimate of drug-likeness (QED) is 0.749. The van der Waals surface area contributed by atoms with Crippen LogP contribution in [0, 0.1) is 0 Å². The fraction of sp³-hybridized carbons (Fsp3) is 0.929. The molecule has 1 aliphatic heterocycles. The highest BCUT2D eigenvalue weighted by Crippen LogP contribution is 2.24. The third-order valence-electron chi connectivity index (χ3n) is 4.09. The fourth-order valence-corrected chi connectivity index (χ4v) is 2.97. The molecule has 4 nitrogen and oxygen atoms in total. The summed E-state index contributed by atoms with van der Waals surface area (Å²) in [6.07, 6.45) is 4.63. The highest BCUT2D eigenvalue weighted by molar-refractivity contribution is 5.81. The van der Waals surface area contributed by atoms with Crippen molar-refractivity contribution in [3.63, 3.8) is 0 Å². The second-order valence-electron chi connectivity index (χ2n) is 5.15. The van der Waals surface area contributed by atoms with Crippen LogP contribution in [-0.4, -0.2) is 54.0 Å². The lowest BCUT2D eigenvalue weighted by atomic mass is 10.1. The zero-order valence-corrected chi connectivity index (χ0v) is 12.2. The number of amides is 1. The number of hydrogen-bond acceptors (Lipinski definition) is 3. The van der Waals surface area contributed by atoms with E-state index >= 15 is 0 Å². The summed E-state index contributed by atoms with van der Waals surface area (Å²) in [6, 6.07) is 0.582. The molecule has 18 heavy (non-hydrogen) atoms. The molecule has 1 aliphatic rings. The summed E-state index contributed by atoms with van der Waals surface area (Å²) in [7, 11) is 0. The third-order valence-corrected chi connectivity index (χ3v) is 4.09. The summed E-state index contributed by atoms with van der Waals surface area (Å²) in [5.74, 6) is 0.277. The number of likely N-dealkylation sites (N-methyl/N-ethyl adjacent to an activating group) is 1. The van der Waals surface area contributed by atoms with E-state index in [1.807, 2.05) is 18.7 Å². The Balaban J connectivity index is 2.58. The number of carbonyl (C=O) groups excluding carboxylic acids is 1. The van der Waals surface area contributed by atoms with Crippen LogP contribution in [-0.2, 0) is 4.79 Å². The monoisotopic (exact) mass is 255 g/mol. The molecule has 0 radical (unpaired) electrons. The van der Waals surface area contributed by atoms with Gasteiger partial charge < -0.3 is 10.6 Å². The standard InChI is InChI=1S/C14H29N3O/c1-4-16(5-2)14(18)12(3)17-11-7-9-13(17)8-6-10-15/h12-13H,4-11,15H2,1-3H3. The summed E-state index contributed by atoms with van der Waals surface area (Å²) >= 11 is 0. The Labute approximate surface area is 111 Å². The van der Waals surface area contributed by atoms with Gasteiger partial charge in [-0.05, 0) is 59.5 Å². The Morgan fingerprint density at radius 3 is 2.67 bits per heavy atom. The van der Waals surface area contributed by atoms with Crippen molar-refractivity contribution in [2.24, 2.45) is 5.73 Å². The summed E-state index contributed by atoms with van der Waals surface area (Å²) in [5, 5.41) is 0. The maximum absolute atomic E-state index is 12.4. The summed E-state index contributed by atoms with van der Waals surface area (Å²) < 4.78 is 0. The molecule has 0 saturated carbocycles. The minimum Gasteiger partial charge on any atom is -0.342 e. The minimum absolute atomic E-state index is 0.0233. The minimum atomic E-state index is 0.0233. The van der Waals surface area contributed by atoms with Crippen LogP contribution in [0.15, 0.2) is 0 Å². The summed E-state index contributed by atoms with van der Waals surface area (Å²) in [6.45, 7) is 9.57. The van der Waals surface area contributed by atoms with E-state index in [-0.39, 0.29) is 11.9 Å². The Morgan fingerprint density at radius 2 is 2.11 bits per heavy atom. The normalized spacial score (nSPS) is 22.1. The number of rotatable bonds is 7. The Bertz CT molecular complexity index is 253. The van der Waals surface area contributed by atoms with Crippen LogP contribution in [0.2, 0.25) is 0 Å². The van der Waals surface area contributed by atoms with Crippen LogP contribution in [0.1, 0.15) is 46.5 Å². The molecule has 0 aliphatic carbocycles. The van der Waals surface area contributed by atoms with Crippen molar-refractivity contribution in [1.29, 1.82) is 0 Å². The van der Waals surface area contributed by atoms with Gasteiger partial charge in [0.15, 0.2) is 0 Å². The van der Waals surface area contributed by atoms with Gasteiger partial charge in [0.25, 0.3) is 0 Å². The first-order valence-electron chi connectivity index (χ1n) is 7.40. The maximum Gasteiger partial charge on any atom is 0.239 e. The predicted octanol–water partition coefficient (Wildman–Crippen LogP) is 1.45. The number of carbonyl (C=O) groups is 1. The Kier molecular flexibility index (Phi) is 6.65. The highest BCUT2D eigenvalue weighted by atomic mass is 16.2. The van der Waals surface area contributed by atoms with Gasteiger partial charge in [-0.25, -0.2) is 0 Å². The van der Waals surface area contributed by atoms with E-state index < -0.39 is 0 Å². The third kappa shape index (κ3) is 3.69. The maximum atomic E-state index is 12.4. The second kappa shape index (κ2) is 7.74. The number of likely N-dealkylation sites (tertiary alicyclic amines) is 1. The molecule has 2 N–H and O–H groups in total. The summed E-state index contributed by atoms with van der Waals surface area (Å²) in [5.41, 5.74) is 5.59. The van der Waals surface area contributed by atoms with E-state index in [0.717, 1.165) is 39.0 Å². The van der Waals surface area contributed by atoms with Gasteiger partial charge >= 0.3 is 0 Å².